The molecule has 0 heterocycles. The number of rotatable bonds is 9. The van der Waals surface area contributed by atoms with Crippen LogP contribution in [0.3, 0.4) is 0 Å². The minimum absolute atomic E-state index is 0.223. The van der Waals surface area contributed by atoms with E-state index in [4.69, 9.17) is 15.2 Å². The summed E-state index contributed by atoms with van der Waals surface area (Å²) in [5.41, 5.74) is 7.82. The second kappa shape index (κ2) is 11.6. The summed E-state index contributed by atoms with van der Waals surface area (Å²) in [6, 6.07) is 14.7. The van der Waals surface area contributed by atoms with E-state index in [1.165, 1.54) is 12.2 Å². The molecule has 0 saturated heterocycles. The van der Waals surface area contributed by atoms with Gasteiger partial charge in [-0.25, -0.2) is 4.39 Å². The number of nitrogens with one attached hydrogen (secondary N) is 1. The minimum Gasteiger partial charge on any atom is -0.493 e. The Labute approximate surface area is 183 Å². The molecule has 1 amide bonds. The van der Waals surface area contributed by atoms with Crippen LogP contribution in [0.5, 0.6) is 17.2 Å². The molecule has 3 N–H and O–H groups in total. The molecule has 2 rings (SSSR count). The van der Waals surface area contributed by atoms with E-state index in [1.807, 2.05) is 55.5 Å². The van der Waals surface area contributed by atoms with Crippen LogP contribution < -0.4 is 20.5 Å². The van der Waals surface area contributed by atoms with Crippen molar-refractivity contribution in [2.45, 2.75) is 33.7 Å². The Morgan fingerprint density at radius 3 is 2.45 bits per heavy atom. The average Bonchev–Trinajstić information content (AvgIpc) is 2.77. The highest BCUT2D eigenvalue weighted by molar-refractivity contribution is 5.96. The van der Waals surface area contributed by atoms with Gasteiger partial charge in [0, 0.05) is 12.2 Å². The summed E-state index contributed by atoms with van der Waals surface area (Å²) in [5, 5.41) is 2.81. The summed E-state index contributed by atoms with van der Waals surface area (Å²) in [5.74, 6) is 1.09. The van der Waals surface area contributed by atoms with Crippen molar-refractivity contribution in [3.63, 3.8) is 0 Å². The van der Waals surface area contributed by atoms with Gasteiger partial charge in [-0.1, -0.05) is 31.2 Å². The van der Waals surface area contributed by atoms with E-state index < -0.39 is 0 Å². The number of allylic oxidation sites excluding steroid dienone is 4. The molecule has 2 aromatic rings. The number of hydrogen-bond acceptors (Lipinski definition) is 4. The molecule has 0 bridgehead atoms. The molecular formula is C25H29FN2O3. The van der Waals surface area contributed by atoms with Gasteiger partial charge in [0.05, 0.1) is 12.7 Å². The largest absolute Gasteiger partial charge is 0.493 e. The Hall–Kier alpha value is -3.54. The lowest BCUT2D eigenvalue weighted by Gasteiger charge is -2.12. The molecule has 6 heteroatoms. The number of benzene rings is 2. The van der Waals surface area contributed by atoms with Crippen LogP contribution in [0.4, 0.5) is 4.39 Å². The van der Waals surface area contributed by atoms with E-state index in [1.54, 1.807) is 21.0 Å². The zero-order chi connectivity index (χ0) is 22.8. The average molecular weight is 425 g/mol. The molecule has 0 atom stereocenters. The maximum atomic E-state index is 14.0. The molecule has 0 saturated carbocycles. The van der Waals surface area contributed by atoms with Gasteiger partial charge in [0.15, 0.2) is 11.5 Å². The van der Waals surface area contributed by atoms with E-state index in [2.05, 4.69) is 5.32 Å². The van der Waals surface area contributed by atoms with Crippen LogP contribution in [0, 0.1) is 0 Å². The molecule has 0 radical (unpaired) electrons. The van der Waals surface area contributed by atoms with Crippen molar-refractivity contribution in [2.24, 2.45) is 5.73 Å². The Bertz CT molecular complexity index is 1010. The van der Waals surface area contributed by atoms with Gasteiger partial charge in [-0.15, -0.1) is 0 Å². The van der Waals surface area contributed by atoms with Gasteiger partial charge >= 0.3 is 0 Å². The predicted molar refractivity (Wildman–Crippen MR) is 121 cm³/mol. The standard InChI is InChI=1S/C25H29FN2O3/c1-5-17(2)22(26)14-13-21(18(3)27)25(29)28-16-19-9-8-10-20(15-19)31-24-12-7-6-11-23(24)30-4/h6-15H,5,16,27H2,1-4H3,(H,28,29)/b14-13-,21-18-,22-17?. The highest BCUT2D eigenvalue weighted by Crippen LogP contribution is 2.31. The molecule has 0 aliphatic heterocycles. The Morgan fingerprint density at radius 2 is 1.81 bits per heavy atom. The highest BCUT2D eigenvalue weighted by Gasteiger charge is 2.10. The van der Waals surface area contributed by atoms with Gasteiger partial charge < -0.3 is 20.5 Å². The maximum Gasteiger partial charge on any atom is 0.253 e. The molecule has 0 aliphatic rings. The zero-order valence-corrected chi connectivity index (χ0v) is 18.4. The Morgan fingerprint density at radius 1 is 1.10 bits per heavy atom. The van der Waals surface area contributed by atoms with E-state index in [9.17, 15) is 9.18 Å². The van der Waals surface area contributed by atoms with E-state index in [0.29, 0.717) is 34.9 Å². The van der Waals surface area contributed by atoms with Gasteiger partial charge in [0.1, 0.15) is 11.6 Å². The van der Waals surface area contributed by atoms with Crippen molar-refractivity contribution in [1.82, 2.24) is 5.32 Å². The molecule has 0 unspecified atom stereocenters. The minimum atomic E-state index is -0.380. The third-order valence-electron chi connectivity index (χ3n) is 4.65. The predicted octanol–water partition coefficient (Wildman–Crippen LogP) is 5.55. The van der Waals surface area contributed by atoms with E-state index in [-0.39, 0.29) is 23.9 Å². The van der Waals surface area contributed by atoms with Crippen LogP contribution in [-0.2, 0) is 11.3 Å². The number of amides is 1. The fraction of sp³-hybridized carbons (Fsp3) is 0.240. The Kier molecular flexibility index (Phi) is 8.88. The second-order valence-electron chi connectivity index (χ2n) is 6.99. The van der Waals surface area contributed by atoms with Crippen molar-refractivity contribution in [2.75, 3.05) is 7.11 Å². The normalized spacial score (nSPS) is 12.8. The van der Waals surface area contributed by atoms with Crippen molar-refractivity contribution in [1.29, 1.82) is 0 Å². The number of nitrogens with two attached hydrogens (primary N) is 1. The lowest BCUT2D eigenvalue weighted by molar-refractivity contribution is -0.117. The van der Waals surface area contributed by atoms with Gasteiger partial charge in [0.2, 0.25) is 0 Å². The number of ether oxygens (including phenoxy) is 2. The van der Waals surface area contributed by atoms with Crippen molar-refractivity contribution in [3.05, 3.63) is 88.9 Å². The number of methoxy groups -OCH3 is 1. The smallest absolute Gasteiger partial charge is 0.253 e. The van der Waals surface area contributed by atoms with Crippen LogP contribution in [0.15, 0.2) is 83.4 Å². The first-order valence-corrected chi connectivity index (χ1v) is 10.0. The lowest BCUT2D eigenvalue weighted by atomic mass is 10.1. The molecule has 164 valence electrons. The number of hydrogen-bond donors (Lipinski definition) is 2. The van der Waals surface area contributed by atoms with Gasteiger partial charge in [-0.3, -0.25) is 4.79 Å². The topological polar surface area (TPSA) is 73.6 Å². The molecule has 0 aromatic heterocycles. The van der Waals surface area contributed by atoms with Crippen LogP contribution in [0.25, 0.3) is 0 Å². The monoisotopic (exact) mass is 424 g/mol. The SMILES string of the molecule is CCC(C)=C(F)/C=C\C(C(=O)NCc1cccc(Oc2ccccc2OC)c1)=C(/C)N. The first-order chi connectivity index (χ1) is 14.8. The van der Waals surface area contributed by atoms with Crippen LogP contribution in [0.1, 0.15) is 32.8 Å². The summed E-state index contributed by atoms with van der Waals surface area (Å²) in [7, 11) is 1.58. The van der Waals surface area contributed by atoms with Gasteiger partial charge in [0.25, 0.3) is 5.91 Å². The number of para-hydroxylation sites is 2. The molecular weight excluding hydrogens is 395 g/mol. The molecule has 5 nitrogen and oxygen atoms in total. The van der Waals surface area contributed by atoms with Gasteiger partial charge in [-0.2, -0.15) is 0 Å². The quantitative estimate of drug-likeness (QED) is 0.409. The molecule has 31 heavy (non-hydrogen) atoms. The molecule has 0 aliphatic carbocycles. The zero-order valence-electron chi connectivity index (χ0n) is 18.4. The summed E-state index contributed by atoms with van der Waals surface area (Å²) >= 11 is 0. The van der Waals surface area contributed by atoms with Crippen molar-refractivity contribution in [3.8, 4) is 17.2 Å². The fourth-order valence-electron chi connectivity index (χ4n) is 2.68. The maximum absolute atomic E-state index is 14.0. The fourth-order valence-corrected chi connectivity index (χ4v) is 2.68. The molecule has 2 aromatic carbocycles. The summed E-state index contributed by atoms with van der Waals surface area (Å²) < 4.78 is 25.2. The Balaban J connectivity index is 2.08. The first kappa shape index (κ1) is 23.7. The number of halogens is 1. The highest BCUT2D eigenvalue weighted by atomic mass is 19.1. The van der Waals surface area contributed by atoms with Crippen LogP contribution >= 0.6 is 0 Å². The third-order valence-corrected chi connectivity index (χ3v) is 4.65. The van der Waals surface area contributed by atoms with Crippen LogP contribution in [0.2, 0.25) is 0 Å². The molecule has 0 spiro atoms. The summed E-state index contributed by atoms with van der Waals surface area (Å²) in [4.78, 5) is 12.6. The second-order valence-corrected chi connectivity index (χ2v) is 6.99. The summed E-state index contributed by atoms with van der Waals surface area (Å²) in [6.07, 6.45) is 3.27. The number of carbonyl (C=O) groups is 1. The van der Waals surface area contributed by atoms with Crippen LogP contribution in [-0.4, -0.2) is 13.0 Å². The molecule has 0 fully saturated rings. The summed E-state index contributed by atoms with van der Waals surface area (Å²) in [6.45, 7) is 5.44. The van der Waals surface area contributed by atoms with Gasteiger partial charge in [-0.05, 0) is 67.8 Å². The van der Waals surface area contributed by atoms with Crippen molar-refractivity contribution >= 4 is 5.91 Å². The third kappa shape index (κ3) is 7.03. The lowest BCUT2D eigenvalue weighted by Crippen LogP contribution is -2.25. The van der Waals surface area contributed by atoms with Crippen molar-refractivity contribution < 1.29 is 18.7 Å². The first-order valence-electron chi connectivity index (χ1n) is 10.0. The van der Waals surface area contributed by atoms with E-state index >= 15 is 0 Å². The van der Waals surface area contributed by atoms with E-state index in [0.717, 1.165) is 5.56 Å². The number of carbonyl (C=O) groups excluding carboxylic acids is 1.